The SMILES string of the molecule is CC(Oc1noc2ccc([N+](=O)[O-])cc12)C(=O)[O-]. The number of nitro groups is 1. The van der Waals surface area contributed by atoms with Gasteiger partial charge < -0.3 is 19.2 Å². The van der Waals surface area contributed by atoms with Crippen LogP contribution in [0, 0.1) is 10.1 Å². The fourth-order valence-corrected chi connectivity index (χ4v) is 1.32. The average molecular weight is 251 g/mol. The molecule has 0 aliphatic carbocycles. The van der Waals surface area contributed by atoms with E-state index >= 15 is 0 Å². The van der Waals surface area contributed by atoms with Gasteiger partial charge in [0.1, 0.15) is 6.10 Å². The first-order chi connectivity index (χ1) is 8.49. The van der Waals surface area contributed by atoms with Gasteiger partial charge in [-0.2, -0.15) is 0 Å². The van der Waals surface area contributed by atoms with Gasteiger partial charge in [-0.3, -0.25) is 10.1 Å². The number of nitro benzene ring substituents is 1. The van der Waals surface area contributed by atoms with Gasteiger partial charge in [0.2, 0.25) is 0 Å². The number of aromatic nitrogens is 1. The molecule has 0 aliphatic heterocycles. The molecule has 1 aromatic carbocycles. The van der Waals surface area contributed by atoms with Crippen molar-refractivity contribution >= 4 is 22.6 Å². The van der Waals surface area contributed by atoms with Crippen LogP contribution < -0.4 is 9.84 Å². The van der Waals surface area contributed by atoms with E-state index in [0.717, 1.165) is 0 Å². The topological polar surface area (TPSA) is 119 Å². The molecule has 1 heterocycles. The van der Waals surface area contributed by atoms with Gasteiger partial charge in [-0.1, -0.05) is 0 Å². The number of nitrogens with zero attached hydrogens (tertiary/aromatic N) is 2. The van der Waals surface area contributed by atoms with Gasteiger partial charge >= 0.3 is 0 Å². The Hall–Kier alpha value is -2.64. The molecule has 0 N–H and O–H groups in total. The third-order valence-electron chi connectivity index (χ3n) is 2.25. The van der Waals surface area contributed by atoms with Crippen molar-refractivity contribution in [1.82, 2.24) is 5.16 Å². The maximum atomic E-state index is 10.6. The molecule has 1 atom stereocenters. The first-order valence-corrected chi connectivity index (χ1v) is 4.90. The molecule has 2 aromatic rings. The molecule has 18 heavy (non-hydrogen) atoms. The van der Waals surface area contributed by atoms with Crippen LogP contribution in [-0.4, -0.2) is 22.2 Å². The minimum Gasteiger partial charge on any atom is -0.546 e. The lowest BCUT2D eigenvalue weighted by Crippen LogP contribution is -2.37. The van der Waals surface area contributed by atoms with Crippen molar-refractivity contribution < 1.29 is 24.1 Å². The lowest BCUT2D eigenvalue weighted by Gasteiger charge is -2.12. The van der Waals surface area contributed by atoms with E-state index in [1.54, 1.807) is 0 Å². The molecule has 0 spiro atoms. The van der Waals surface area contributed by atoms with E-state index in [-0.39, 0.29) is 22.5 Å². The zero-order chi connectivity index (χ0) is 13.3. The molecular weight excluding hydrogens is 244 g/mol. The number of hydrogen-bond acceptors (Lipinski definition) is 7. The number of ether oxygens (including phenoxy) is 1. The Balaban J connectivity index is 2.42. The third kappa shape index (κ3) is 2.08. The van der Waals surface area contributed by atoms with Gasteiger partial charge in [0, 0.05) is 12.1 Å². The highest BCUT2D eigenvalue weighted by molar-refractivity contribution is 5.84. The van der Waals surface area contributed by atoms with Crippen molar-refractivity contribution in [1.29, 1.82) is 0 Å². The molecule has 0 aliphatic rings. The number of benzene rings is 1. The van der Waals surface area contributed by atoms with Crippen molar-refractivity contribution in [2.24, 2.45) is 0 Å². The Morgan fingerprint density at radius 3 is 2.89 bits per heavy atom. The van der Waals surface area contributed by atoms with E-state index in [1.165, 1.54) is 25.1 Å². The monoisotopic (exact) mass is 251 g/mol. The van der Waals surface area contributed by atoms with Crippen LogP contribution in [-0.2, 0) is 4.79 Å². The van der Waals surface area contributed by atoms with E-state index in [1.807, 2.05) is 0 Å². The second-order valence-electron chi connectivity index (χ2n) is 3.50. The summed E-state index contributed by atoms with van der Waals surface area (Å²) in [5.41, 5.74) is 0.0952. The Bertz CT molecular complexity index is 620. The predicted molar refractivity (Wildman–Crippen MR) is 55.8 cm³/mol. The molecule has 2 rings (SSSR count). The Morgan fingerprint density at radius 2 is 2.28 bits per heavy atom. The smallest absolute Gasteiger partial charge is 0.270 e. The maximum absolute atomic E-state index is 10.6. The highest BCUT2D eigenvalue weighted by atomic mass is 16.6. The number of carboxylic acid groups (broad SMARTS) is 1. The van der Waals surface area contributed by atoms with Gasteiger partial charge in [-0.25, -0.2) is 0 Å². The molecule has 94 valence electrons. The van der Waals surface area contributed by atoms with E-state index in [0.29, 0.717) is 0 Å². The third-order valence-corrected chi connectivity index (χ3v) is 2.25. The zero-order valence-electron chi connectivity index (χ0n) is 9.15. The highest BCUT2D eigenvalue weighted by Crippen LogP contribution is 2.29. The minimum atomic E-state index is -1.42. The summed E-state index contributed by atoms with van der Waals surface area (Å²) in [5.74, 6) is -1.54. The van der Waals surface area contributed by atoms with Crippen LogP contribution in [0.3, 0.4) is 0 Å². The molecule has 0 radical (unpaired) electrons. The minimum absolute atomic E-state index is 0.120. The van der Waals surface area contributed by atoms with Crippen molar-refractivity contribution in [2.75, 3.05) is 0 Å². The van der Waals surface area contributed by atoms with Crippen LogP contribution in [0.2, 0.25) is 0 Å². The van der Waals surface area contributed by atoms with Crippen molar-refractivity contribution in [3.05, 3.63) is 28.3 Å². The second kappa shape index (κ2) is 4.32. The maximum Gasteiger partial charge on any atom is 0.270 e. The Kier molecular flexibility index (Phi) is 2.84. The van der Waals surface area contributed by atoms with Gasteiger partial charge in [0.05, 0.1) is 16.3 Å². The number of carboxylic acids is 1. The number of aliphatic carboxylic acids is 1. The Labute approximate surface area is 99.9 Å². The number of carbonyl (C=O) groups excluding carboxylic acids is 1. The van der Waals surface area contributed by atoms with Crippen LogP contribution >= 0.6 is 0 Å². The van der Waals surface area contributed by atoms with Crippen LogP contribution in [0.5, 0.6) is 5.88 Å². The summed E-state index contributed by atoms with van der Waals surface area (Å²) >= 11 is 0. The molecular formula is C10H7N2O6-. The van der Waals surface area contributed by atoms with E-state index < -0.39 is 17.0 Å². The second-order valence-corrected chi connectivity index (χ2v) is 3.50. The first kappa shape index (κ1) is 11.8. The van der Waals surface area contributed by atoms with E-state index in [4.69, 9.17) is 9.26 Å². The molecule has 0 fully saturated rings. The van der Waals surface area contributed by atoms with Crippen LogP contribution in [0.4, 0.5) is 5.69 Å². The standard InChI is InChI=1S/C10H8N2O6/c1-5(10(13)14)17-9-7-4-6(12(15)16)2-3-8(7)18-11-9/h2-5H,1H3,(H,13,14)/p-1. The summed E-state index contributed by atoms with van der Waals surface area (Å²) in [6.45, 7) is 1.26. The summed E-state index contributed by atoms with van der Waals surface area (Å²) in [6.07, 6.45) is -1.24. The van der Waals surface area contributed by atoms with E-state index in [9.17, 15) is 20.0 Å². The zero-order valence-corrected chi connectivity index (χ0v) is 9.15. The molecule has 8 nitrogen and oxygen atoms in total. The normalized spacial score (nSPS) is 12.3. The van der Waals surface area contributed by atoms with Gasteiger partial charge in [0.15, 0.2) is 5.58 Å². The Morgan fingerprint density at radius 1 is 1.56 bits per heavy atom. The van der Waals surface area contributed by atoms with Crippen LogP contribution in [0.15, 0.2) is 22.7 Å². The summed E-state index contributed by atoms with van der Waals surface area (Å²) in [6, 6.07) is 3.81. The summed E-state index contributed by atoms with van der Waals surface area (Å²) < 4.78 is 9.83. The lowest BCUT2D eigenvalue weighted by molar-refractivity contribution is -0.384. The van der Waals surface area contributed by atoms with Crippen molar-refractivity contribution in [3.8, 4) is 5.88 Å². The molecule has 0 amide bonds. The predicted octanol–water partition coefficient (Wildman–Crippen LogP) is 0.253. The van der Waals surface area contributed by atoms with Crippen molar-refractivity contribution in [2.45, 2.75) is 13.0 Å². The highest BCUT2D eigenvalue weighted by Gasteiger charge is 2.16. The fraction of sp³-hybridized carbons (Fsp3) is 0.200. The summed E-state index contributed by atoms with van der Waals surface area (Å²) in [5, 5.41) is 24.9. The van der Waals surface area contributed by atoms with Crippen LogP contribution in [0.25, 0.3) is 11.0 Å². The number of fused-ring (bicyclic) bond motifs is 1. The number of rotatable bonds is 4. The fourth-order valence-electron chi connectivity index (χ4n) is 1.32. The molecule has 8 heteroatoms. The van der Waals surface area contributed by atoms with E-state index in [2.05, 4.69) is 5.16 Å². The number of non-ortho nitro benzene ring substituents is 1. The number of hydrogen-bond donors (Lipinski definition) is 0. The van der Waals surface area contributed by atoms with Crippen molar-refractivity contribution in [3.63, 3.8) is 0 Å². The lowest BCUT2D eigenvalue weighted by atomic mass is 10.2. The van der Waals surface area contributed by atoms with Gasteiger partial charge in [-0.15, -0.1) is 0 Å². The molecule has 1 aromatic heterocycles. The van der Waals surface area contributed by atoms with Crippen LogP contribution in [0.1, 0.15) is 6.92 Å². The van der Waals surface area contributed by atoms with Gasteiger partial charge in [0.25, 0.3) is 11.6 Å². The van der Waals surface area contributed by atoms with Gasteiger partial charge in [-0.05, 0) is 18.1 Å². The average Bonchev–Trinajstić information content (AvgIpc) is 2.71. The largest absolute Gasteiger partial charge is 0.546 e. The number of carbonyl (C=O) groups is 1. The molecule has 0 bridgehead atoms. The molecule has 1 unspecified atom stereocenters. The molecule has 0 saturated carbocycles. The molecule has 0 saturated heterocycles. The summed E-state index contributed by atoms with van der Waals surface area (Å²) in [4.78, 5) is 20.6. The summed E-state index contributed by atoms with van der Waals surface area (Å²) in [7, 11) is 0. The quantitative estimate of drug-likeness (QED) is 0.564. The first-order valence-electron chi connectivity index (χ1n) is 4.90.